The maximum atomic E-state index is 15.7. The van der Waals surface area contributed by atoms with Crippen LogP contribution in [0.15, 0.2) is 127 Å². The van der Waals surface area contributed by atoms with Gasteiger partial charge in [0.2, 0.25) is 5.91 Å². The maximum absolute atomic E-state index is 15.7. The number of aromatic amines is 2. The van der Waals surface area contributed by atoms with Gasteiger partial charge in [0.05, 0.1) is 6.54 Å². The average Bonchev–Trinajstić information content (AvgIpc) is 3.76. The molecule has 0 unspecified atom stereocenters. The predicted molar refractivity (Wildman–Crippen MR) is 182 cm³/mol. The minimum Gasteiger partial charge on any atom is -0.358 e. The third-order valence-electron chi connectivity index (χ3n) is 10.1. The van der Waals surface area contributed by atoms with Crippen LogP contribution in [0.4, 0.5) is 5.69 Å². The highest BCUT2D eigenvalue weighted by Crippen LogP contribution is 2.66. The highest BCUT2D eigenvalue weighted by Gasteiger charge is 2.65. The zero-order valence-corrected chi connectivity index (χ0v) is 25.5. The number of hydrogen-bond donors (Lipinski definition) is 2. The molecular formula is C40H30ClN3O. The summed E-state index contributed by atoms with van der Waals surface area (Å²) in [5.74, 6) is -0.324. The monoisotopic (exact) mass is 603 g/mol. The van der Waals surface area contributed by atoms with E-state index in [4.69, 9.17) is 11.6 Å². The summed E-state index contributed by atoms with van der Waals surface area (Å²) in [7, 11) is 0. The van der Waals surface area contributed by atoms with Crippen molar-refractivity contribution in [2.75, 3.05) is 4.90 Å². The zero-order valence-electron chi connectivity index (χ0n) is 24.7. The largest absolute Gasteiger partial charge is 0.358 e. The van der Waals surface area contributed by atoms with Gasteiger partial charge in [-0.3, -0.25) is 4.79 Å². The van der Waals surface area contributed by atoms with Crippen molar-refractivity contribution >= 4 is 45.0 Å². The normalized spacial score (nSPS) is 20.4. The lowest BCUT2D eigenvalue weighted by Gasteiger charge is -2.35. The number of benzene rings is 5. The van der Waals surface area contributed by atoms with Gasteiger partial charge in [-0.2, -0.15) is 0 Å². The van der Waals surface area contributed by atoms with Gasteiger partial charge >= 0.3 is 0 Å². The van der Waals surface area contributed by atoms with E-state index in [1.165, 1.54) is 10.9 Å². The van der Waals surface area contributed by atoms with Crippen molar-refractivity contribution in [3.05, 3.63) is 172 Å². The van der Waals surface area contributed by atoms with Crippen LogP contribution in [0.2, 0.25) is 5.02 Å². The zero-order chi connectivity index (χ0) is 30.3. The van der Waals surface area contributed by atoms with Gasteiger partial charge in [-0.15, -0.1) is 0 Å². The fourth-order valence-electron chi connectivity index (χ4n) is 8.41. The lowest BCUT2D eigenvalue weighted by molar-refractivity contribution is -0.122. The minimum atomic E-state index is -0.987. The van der Waals surface area contributed by atoms with Crippen molar-refractivity contribution in [3.8, 4) is 0 Å². The molecule has 0 saturated heterocycles. The van der Waals surface area contributed by atoms with Gasteiger partial charge in [-0.05, 0) is 59.5 Å². The molecule has 3 atom stereocenters. The number of rotatable bonds is 4. The second-order valence-corrected chi connectivity index (χ2v) is 12.8. The van der Waals surface area contributed by atoms with Crippen LogP contribution in [0.5, 0.6) is 0 Å². The Morgan fingerprint density at radius 3 is 2.18 bits per heavy atom. The number of aromatic nitrogens is 2. The number of carbonyl (C=O) groups excluding carboxylic acids is 1. The molecule has 1 aliphatic heterocycles. The van der Waals surface area contributed by atoms with Gasteiger partial charge in [0.25, 0.3) is 0 Å². The van der Waals surface area contributed by atoms with E-state index in [0.717, 1.165) is 55.7 Å². The van der Waals surface area contributed by atoms with Crippen molar-refractivity contribution in [3.63, 3.8) is 0 Å². The predicted octanol–water partition coefficient (Wildman–Crippen LogP) is 9.37. The van der Waals surface area contributed by atoms with Gasteiger partial charge < -0.3 is 14.9 Å². The van der Waals surface area contributed by atoms with Gasteiger partial charge in [0, 0.05) is 61.3 Å². The summed E-state index contributed by atoms with van der Waals surface area (Å²) < 4.78 is 0. The first-order valence-corrected chi connectivity index (χ1v) is 15.8. The van der Waals surface area contributed by atoms with Gasteiger partial charge in [-0.1, -0.05) is 109 Å². The molecular weight excluding hydrogens is 574 g/mol. The Balaban J connectivity index is 1.40. The van der Waals surface area contributed by atoms with Crippen LogP contribution in [0.3, 0.4) is 0 Å². The van der Waals surface area contributed by atoms with Crippen molar-refractivity contribution in [1.29, 1.82) is 0 Å². The third-order valence-corrected chi connectivity index (χ3v) is 10.4. The summed E-state index contributed by atoms with van der Waals surface area (Å²) in [4.78, 5) is 25.4. The summed E-state index contributed by atoms with van der Waals surface area (Å²) in [5, 5.41) is 2.94. The van der Waals surface area contributed by atoms with Crippen molar-refractivity contribution in [2.24, 2.45) is 0 Å². The van der Waals surface area contributed by atoms with E-state index >= 15 is 4.79 Å². The Morgan fingerprint density at radius 1 is 0.733 bits per heavy atom. The first-order chi connectivity index (χ1) is 22.1. The number of hydrogen-bond acceptors (Lipinski definition) is 1. The van der Waals surface area contributed by atoms with Crippen LogP contribution in [0, 0.1) is 6.92 Å². The molecule has 5 heteroatoms. The summed E-state index contributed by atoms with van der Waals surface area (Å²) in [5.41, 5.74) is 9.76. The van der Waals surface area contributed by atoms with E-state index in [9.17, 15) is 0 Å². The second-order valence-electron chi connectivity index (χ2n) is 12.4. The van der Waals surface area contributed by atoms with E-state index in [2.05, 4.69) is 108 Å². The first-order valence-electron chi connectivity index (χ1n) is 15.5. The maximum Gasteiger partial charge on any atom is 0.243 e. The summed E-state index contributed by atoms with van der Waals surface area (Å²) in [6.07, 6.45) is 0. The van der Waals surface area contributed by atoms with Crippen LogP contribution in [0.25, 0.3) is 21.8 Å². The number of halogens is 1. The van der Waals surface area contributed by atoms with Gasteiger partial charge in [0.1, 0.15) is 5.41 Å². The molecule has 45 heavy (non-hydrogen) atoms. The number of H-pyrrole nitrogens is 2. The molecule has 4 nitrogen and oxygen atoms in total. The standard InChI is InChI=1S/C40H30ClN3O/c1-24-28-16-5-8-19-31(28)42-37(24)34-35(26-14-11-15-27(41)22-26)40(36-29-17-6-9-20-32(29)43-38(34)36)30-18-7-10-21-33(30)44(39(40)45)23-25-12-3-2-4-13-25/h2-22,34-35,42-43H,23H2,1H3/t34-,35+,40+/m1/s1. The molecule has 0 saturated carbocycles. The van der Waals surface area contributed by atoms with Crippen LogP contribution < -0.4 is 4.90 Å². The van der Waals surface area contributed by atoms with Crippen molar-refractivity contribution < 1.29 is 4.79 Å². The molecule has 5 aromatic carbocycles. The number of amides is 1. The molecule has 1 amide bonds. The highest BCUT2D eigenvalue weighted by molar-refractivity contribution is 6.30. The molecule has 1 aliphatic carbocycles. The topological polar surface area (TPSA) is 51.9 Å². The Hall–Kier alpha value is -5.06. The number of nitrogens with zero attached hydrogens (tertiary/aromatic N) is 1. The Bertz CT molecular complexity index is 2280. The Morgan fingerprint density at radius 2 is 1.40 bits per heavy atom. The fourth-order valence-corrected chi connectivity index (χ4v) is 8.60. The number of nitrogens with one attached hydrogen (secondary N) is 2. The molecule has 218 valence electrons. The molecule has 1 spiro atoms. The summed E-state index contributed by atoms with van der Waals surface area (Å²) >= 11 is 6.75. The van der Waals surface area contributed by atoms with E-state index in [-0.39, 0.29) is 17.7 Å². The Labute approximate surface area is 266 Å². The smallest absolute Gasteiger partial charge is 0.243 e. The number of fused-ring (bicyclic) bond motifs is 7. The number of carbonyl (C=O) groups is 1. The second kappa shape index (κ2) is 9.72. The molecule has 0 radical (unpaired) electrons. The SMILES string of the molecule is Cc1c([C@@H]2c3[nH]c4ccccc4c3[C@@]3(C(=O)N(Cc4ccccc4)c4ccccc43)[C@H]2c2cccc(Cl)c2)[nH]c2ccccc12. The lowest BCUT2D eigenvalue weighted by atomic mass is 9.65. The van der Waals surface area contributed by atoms with Crippen LogP contribution in [0.1, 0.15) is 51.0 Å². The summed E-state index contributed by atoms with van der Waals surface area (Å²) in [6.45, 7) is 2.69. The van der Waals surface area contributed by atoms with E-state index in [0.29, 0.717) is 11.6 Å². The molecule has 3 heterocycles. The third kappa shape index (κ3) is 3.57. The van der Waals surface area contributed by atoms with Crippen LogP contribution >= 0.6 is 11.6 Å². The van der Waals surface area contributed by atoms with E-state index < -0.39 is 5.41 Å². The molecule has 2 aliphatic rings. The first kappa shape index (κ1) is 26.4. The molecule has 2 N–H and O–H groups in total. The Kier molecular flexibility index (Phi) is 5.69. The summed E-state index contributed by atoms with van der Waals surface area (Å²) in [6, 6.07) is 43.7. The number of aryl methyl sites for hydroxylation is 1. The number of para-hydroxylation sites is 3. The van der Waals surface area contributed by atoms with Crippen LogP contribution in [-0.4, -0.2) is 15.9 Å². The van der Waals surface area contributed by atoms with Gasteiger partial charge in [0.15, 0.2) is 0 Å². The minimum absolute atomic E-state index is 0.0970. The molecule has 0 bridgehead atoms. The van der Waals surface area contributed by atoms with Crippen molar-refractivity contribution in [2.45, 2.75) is 30.7 Å². The molecule has 7 aromatic rings. The lowest BCUT2D eigenvalue weighted by Crippen LogP contribution is -2.44. The quantitative estimate of drug-likeness (QED) is 0.207. The highest BCUT2D eigenvalue weighted by atomic mass is 35.5. The van der Waals surface area contributed by atoms with Crippen LogP contribution in [-0.2, 0) is 16.8 Å². The van der Waals surface area contributed by atoms with E-state index in [1.807, 2.05) is 41.3 Å². The van der Waals surface area contributed by atoms with E-state index in [1.54, 1.807) is 0 Å². The fraction of sp³-hybridized carbons (Fsp3) is 0.125. The van der Waals surface area contributed by atoms with Gasteiger partial charge in [-0.25, -0.2) is 0 Å². The molecule has 9 rings (SSSR count). The average molecular weight is 604 g/mol. The molecule has 0 fully saturated rings. The number of anilines is 1. The molecule has 2 aromatic heterocycles. The van der Waals surface area contributed by atoms with Crippen molar-refractivity contribution in [1.82, 2.24) is 9.97 Å².